The smallest absolute Gasteiger partial charge is 0.399 e. The third kappa shape index (κ3) is 3.33. The van der Waals surface area contributed by atoms with Crippen LogP contribution in [0.15, 0.2) is 42.6 Å². The van der Waals surface area contributed by atoms with Crippen LogP contribution in [0.25, 0.3) is 0 Å². The van der Waals surface area contributed by atoms with Crippen LogP contribution in [0.2, 0.25) is 0 Å². The number of aryl methyl sites for hydroxylation is 1. The summed E-state index contributed by atoms with van der Waals surface area (Å²) in [5.41, 5.74) is 2.63. The molecule has 0 radical (unpaired) electrons. The molecule has 2 heterocycles. The third-order valence-electron chi connectivity index (χ3n) is 4.97. The fraction of sp³-hybridized carbons (Fsp3) is 0.421. The number of aromatic nitrogens is 1. The second-order valence-corrected chi connectivity index (χ2v) is 7.35. The minimum atomic E-state index is -0.365. The average molecular weight is 324 g/mol. The van der Waals surface area contributed by atoms with Crippen LogP contribution >= 0.6 is 0 Å². The summed E-state index contributed by atoms with van der Waals surface area (Å²) in [5, 5.41) is 3.37. The van der Waals surface area contributed by atoms with Gasteiger partial charge in [0.05, 0.1) is 11.2 Å². The Morgan fingerprint density at radius 3 is 2.29 bits per heavy atom. The molecule has 126 valence electrons. The van der Waals surface area contributed by atoms with E-state index in [-0.39, 0.29) is 18.3 Å². The first-order chi connectivity index (χ1) is 11.3. The highest BCUT2D eigenvalue weighted by atomic mass is 16.7. The zero-order valence-corrected chi connectivity index (χ0v) is 15.1. The quantitative estimate of drug-likeness (QED) is 0.877. The molecule has 1 N–H and O–H groups in total. The number of anilines is 1. The first-order valence-electron chi connectivity index (χ1n) is 8.38. The van der Waals surface area contributed by atoms with Gasteiger partial charge in [-0.1, -0.05) is 30.3 Å². The maximum absolute atomic E-state index is 6.17. The van der Waals surface area contributed by atoms with Crippen LogP contribution in [0.4, 0.5) is 5.82 Å². The maximum Gasteiger partial charge on any atom is 0.495 e. The summed E-state index contributed by atoms with van der Waals surface area (Å²) in [6.45, 7) is 11.0. The lowest BCUT2D eigenvalue weighted by molar-refractivity contribution is 0.00578. The van der Waals surface area contributed by atoms with Crippen LogP contribution in [-0.2, 0) is 15.9 Å². The molecule has 24 heavy (non-hydrogen) atoms. The van der Waals surface area contributed by atoms with Gasteiger partial charge in [-0.2, -0.15) is 0 Å². The molecule has 1 aliphatic heterocycles. The van der Waals surface area contributed by atoms with Crippen LogP contribution < -0.4 is 10.8 Å². The van der Waals surface area contributed by atoms with Crippen molar-refractivity contribution in [2.45, 2.75) is 52.4 Å². The highest BCUT2D eigenvalue weighted by molar-refractivity contribution is 6.62. The number of nitrogens with one attached hydrogen (secondary N) is 1. The molecular weight excluding hydrogens is 299 g/mol. The molecule has 2 aromatic rings. The van der Waals surface area contributed by atoms with E-state index in [4.69, 9.17) is 9.31 Å². The van der Waals surface area contributed by atoms with E-state index in [2.05, 4.69) is 50.1 Å². The predicted molar refractivity (Wildman–Crippen MR) is 98.5 cm³/mol. The van der Waals surface area contributed by atoms with Crippen molar-refractivity contribution < 1.29 is 9.31 Å². The fourth-order valence-corrected chi connectivity index (χ4v) is 2.65. The minimum Gasteiger partial charge on any atom is -0.399 e. The van der Waals surface area contributed by atoms with E-state index in [1.807, 2.05) is 37.4 Å². The SMILES string of the molecule is Cc1cnc(NCc2ccccc2)cc1B1OC(C)(C)C(C)(C)O1. The van der Waals surface area contributed by atoms with Crippen LogP contribution in [0, 0.1) is 6.92 Å². The highest BCUT2D eigenvalue weighted by Gasteiger charge is 2.52. The van der Waals surface area contributed by atoms with E-state index in [9.17, 15) is 0 Å². The Bertz CT molecular complexity index is 701. The Morgan fingerprint density at radius 2 is 1.67 bits per heavy atom. The van der Waals surface area contributed by atoms with E-state index < -0.39 is 0 Å². The lowest BCUT2D eigenvalue weighted by Gasteiger charge is -2.32. The third-order valence-corrected chi connectivity index (χ3v) is 4.97. The molecule has 0 aliphatic carbocycles. The Morgan fingerprint density at radius 1 is 1.04 bits per heavy atom. The second-order valence-electron chi connectivity index (χ2n) is 7.35. The normalized spacial score (nSPS) is 18.6. The molecule has 0 spiro atoms. The number of pyridine rings is 1. The maximum atomic E-state index is 6.17. The van der Waals surface area contributed by atoms with Crippen molar-refractivity contribution in [1.82, 2.24) is 4.98 Å². The molecule has 1 aromatic heterocycles. The summed E-state index contributed by atoms with van der Waals surface area (Å²) in [6, 6.07) is 12.3. The number of hydrogen-bond donors (Lipinski definition) is 1. The van der Waals surface area contributed by atoms with Gasteiger partial charge >= 0.3 is 7.12 Å². The molecule has 0 saturated carbocycles. The Kier molecular flexibility index (Phi) is 4.41. The summed E-state index contributed by atoms with van der Waals surface area (Å²) in [5.74, 6) is 0.828. The van der Waals surface area contributed by atoms with Gasteiger partial charge < -0.3 is 14.6 Å². The summed E-state index contributed by atoms with van der Waals surface area (Å²) in [7, 11) is -0.365. The molecule has 1 aromatic carbocycles. The molecule has 1 saturated heterocycles. The summed E-state index contributed by atoms with van der Waals surface area (Å²) >= 11 is 0. The number of nitrogens with zero attached hydrogens (tertiary/aromatic N) is 1. The topological polar surface area (TPSA) is 43.4 Å². The molecular formula is C19H25BN2O2. The first-order valence-corrected chi connectivity index (χ1v) is 8.38. The molecule has 3 rings (SSSR count). The van der Waals surface area contributed by atoms with Gasteiger partial charge in [-0.25, -0.2) is 4.98 Å². The average Bonchev–Trinajstić information content (AvgIpc) is 2.75. The van der Waals surface area contributed by atoms with Crippen molar-refractivity contribution in [2.75, 3.05) is 5.32 Å². The lowest BCUT2D eigenvalue weighted by atomic mass is 9.77. The second kappa shape index (κ2) is 6.23. The van der Waals surface area contributed by atoms with Gasteiger partial charge in [0.1, 0.15) is 5.82 Å². The standard InChI is InChI=1S/C19H25BN2O2/c1-14-12-21-17(22-13-15-9-7-6-8-10-15)11-16(14)20-23-18(2,3)19(4,5)24-20/h6-12H,13H2,1-5H3,(H,21,22). The van der Waals surface area contributed by atoms with Crippen molar-refractivity contribution in [1.29, 1.82) is 0 Å². The Hall–Kier alpha value is -1.85. The van der Waals surface area contributed by atoms with Gasteiger partial charge in [0, 0.05) is 12.7 Å². The number of benzene rings is 1. The molecule has 5 heteroatoms. The van der Waals surface area contributed by atoms with Crippen LogP contribution in [-0.4, -0.2) is 23.3 Å². The molecule has 0 unspecified atom stereocenters. The van der Waals surface area contributed by atoms with Gasteiger partial charge in [0.2, 0.25) is 0 Å². The van der Waals surface area contributed by atoms with Crippen molar-refractivity contribution >= 4 is 18.4 Å². The predicted octanol–water partition coefficient (Wildman–Crippen LogP) is 3.30. The van der Waals surface area contributed by atoms with Gasteiger partial charge in [-0.3, -0.25) is 0 Å². The van der Waals surface area contributed by atoms with Crippen LogP contribution in [0.3, 0.4) is 0 Å². The van der Waals surface area contributed by atoms with Gasteiger partial charge in [-0.05, 0) is 57.3 Å². The monoisotopic (exact) mass is 324 g/mol. The zero-order chi connectivity index (χ0) is 17.4. The summed E-state index contributed by atoms with van der Waals surface area (Å²) < 4.78 is 12.3. The van der Waals surface area contributed by atoms with E-state index >= 15 is 0 Å². The highest BCUT2D eigenvalue weighted by Crippen LogP contribution is 2.36. The zero-order valence-electron chi connectivity index (χ0n) is 15.1. The molecule has 0 atom stereocenters. The number of rotatable bonds is 4. The molecule has 1 fully saturated rings. The Balaban J connectivity index is 1.78. The summed E-state index contributed by atoms with van der Waals surface area (Å²) in [6.07, 6.45) is 1.87. The minimum absolute atomic E-state index is 0.342. The summed E-state index contributed by atoms with van der Waals surface area (Å²) in [4.78, 5) is 4.48. The van der Waals surface area contributed by atoms with E-state index in [1.165, 1.54) is 5.56 Å². The Labute approximate surface area is 144 Å². The van der Waals surface area contributed by atoms with Gasteiger partial charge in [-0.15, -0.1) is 0 Å². The van der Waals surface area contributed by atoms with E-state index in [0.717, 1.165) is 23.4 Å². The largest absolute Gasteiger partial charge is 0.495 e. The lowest BCUT2D eigenvalue weighted by Crippen LogP contribution is -2.41. The number of hydrogen-bond acceptors (Lipinski definition) is 4. The van der Waals surface area contributed by atoms with Crippen molar-refractivity contribution in [3.63, 3.8) is 0 Å². The molecule has 1 aliphatic rings. The fourth-order valence-electron chi connectivity index (χ4n) is 2.65. The van der Waals surface area contributed by atoms with E-state index in [0.29, 0.717) is 0 Å². The van der Waals surface area contributed by atoms with Crippen molar-refractivity contribution in [3.05, 3.63) is 53.7 Å². The van der Waals surface area contributed by atoms with Gasteiger partial charge in [0.15, 0.2) is 0 Å². The van der Waals surface area contributed by atoms with E-state index in [1.54, 1.807) is 0 Å². The van der Waals surface area contributed by atoms with Crippen LogP contribution in [0.5, 0.6) is 0 Å². The van der Waals surface area contributed by atoms with Crippen LogP contribution in [0.1, 0.15) is 38.8 Å². The molecule has 0 bridgehead atoms. The van der Waals surface area contributed by atoms with Crippen molar-refractivity contribution in [2.24, 2.45) is 0 Å². The first kappa shape index (κ1) is 17.0. The van der Waals surface area contributed by atoms with Gasteiger partial charge in [0.25, 0.3) is 0 Å². The van der Waals surface area contributed by atoms with Crippen molar-refractivity contribution in [3.8, 4) is 0 Å². The molecule has 0 amide bonds. The molecule has 4 nitrogen and oxygen atoms in total.